The fourth-order valence-electron chi connectivity index (χ4n) is 3.44. The van der Waals surface area contributed by atoms with Crippen LogP contribution in [-0.4, -0.2) is 12.8 Å². The third-order valence-electron chi connectivity index (χ3n) is 5.09. The summed E-state index contributed by atoms with van der Waals surface area (Å²) in [5.41, 5.74) is 5.43. The zero-order valence-corrected chi connectivity index (χ0v) is 17.6. The highest BCUT2D eigenvalue weighted by Crippen LogP contribution is 2.25. The molecule has 2 nitrogen and oxygen atoms in total. The van der Waals surface area contributed by atoms with E-state index in [1.54, 1.807) is 7.11 Å². The van der Waals surface area contributed by atoms with E-state index in [0.717, 1.165) is 33.7 Å². The third kappa shape index (κ3) is 5.37. The van der Waals surface area contributed by atoms with Crippen LogP contribution in [0.15, 0.2) is 126 Å². The minimum absolute atomic E-state index is 0.137. The van der Waals surface area contributed by atoms with Crippen LogP contribution in [0.5, 0.6) is 5.75 Å². The zero-order valence-electron chi connectivity index (χ0n) is 17.6. The topological polar surface area (TPSA) is 21.6 Å². The Kier molecular flexibility index (Phi) is 6.71. The first-order valence-corrected chi connectivity index (χ1v) is 10.4. The minimum Gasteiger partial charge on any atom is -0.497 e. The first-order valence-electron chi connectivity index (χ1n) is 10.4. The largest absolute Gasteiger partial charge is 0.497 e. The molecule has 0 bridgehead atoms. The van der Waals surface area contributed by atoms with Gasteiger partial charge in [0.2, 0.25) is 0 Å². The second-order valence-electron chi connectivity index (χ2n) is 7.20. The van der Waals surface area contributed by atoms with Crippen molar-refractivity contribution in [1.29, 1.82) is 0 Å². The van der Waals surface area contributed by atoms with Gasteiger partial charge >= 0.3 is 0 Å². The molecule has 0 saturated heterocycles. The van der Waals surface area contributed by atoms with E-state index in [9.17, 15) is 0 Å². The van der Waals surface area contributed by atoms with Gasteiger partial charge in [0, 0.05) is 11.1 Å². The molecule has 0 aliphatic heterocycles. The molecule has 0 aliphatic carbocycles. The number of hydrogen-bond donors (Lipinski definition) is 0. The van der Waals surface area contributed by atoms with Crippen molar-refractivity contribution in [3.05, 3.63) is 144 Å². The molecule has 4 aromatic rings. The predicted molar refractivity (Wildman–Crippen MR) is 130 cm³/mol. The molecule has 0 aliphatic rings. The fourth-order valence-corrected chi connectivity index (χ4v) is 3.44. The molecular formula is C29H25NO. The summed E-state index contributed by atoms with van der Waals surface area (Å²) in [5.74, 6) is 0.838. The lowest BCUT2D eigenvalue weighted by Gasteiger charge is -2.14. The third-order valence-corrected chi connectivity index (χ3v) is 5.09. The van der Waals surface area contributed by atoms with Crippen LogP contribution in [0.4, 0.5) is 0 Å². The molecule has 0 heterocycles. The van der Waals surface area contributed by atoms with E-state index >= 15 is 0 Å². The normalized spacial score (nSPS) is 11.8. The Bertz CT molecular complexity index is 1090. The Morgan fingerprint density at radius 3 is 1.71 bits per heavy atom. The molecule has 1 atom stereocenters. The van der Waals surface area contributed by atoms with Gasteiger partial charge in [-0.05, 0) is 23.3 Å². The maximum atomic E-state index is 5.34. The molecule has 0 aromatic heterocycles. The van der Waals surface area contributed by atoms with Crippen LogP contribution >= 0.6 is 0 Å². The van der Waals surface area contributed by atoms with E-state index in [1.165, 1.54) is 0 Å². The summed E-state index contributed by atoms with van der Waals surface area (Å²) >= 11 is 0. The van der Waals surface area contributed by atoms with Gasteiger partial charge < -0.3 is 4.74 Å². The summed E-state index contributed by atoms with van der Waals surface area (Å²) in [5, 5.41) is 0. The van der Waals surface area contributed by atoms with Gasteiger partial charge in [-0.15, -0.1) is 0 Å². The van der Waals surface area contributed by atoms with Crippen LogP contribution in [0.2, 0.25) is 0 Å². The maximum absolute atomic E-state index is 5.34. The van der Waals surface area contributed by atoms with Crippen LogP contribution in [0.1, 0.15) is 28.3 Å². The summed E-state index contributed by atoms with van der Waals surface area (Å²) in [6.07, 6.45) is 4.29. The molecule has 152 valence electrons. The van der Waals surface area contributed by atoms with Crippen molar-refractivity contribution in [3.63, 3.8) is 0 Å². The first kappa shape index (κ1) is 20.4. The molecule has 31 heavy (non-hydrogen) atoms. The van der Waals surface area contributed by atoms with E-state index in [4.69, 9.17) is 9.73 Å². The van der Waals surface area contributed by atoms with Gasteiger partial charge in [-0.25, -0.2) is 0 Å². The molecule has 4 aromatic carbocycles. The Balaban J connectivity index is 1.81. The van der Waals surface area contributed by atoms with Gasteiger partial charge in [0.25, 0.3) is 0 Å². The number of aliphatic imine (C=N–C) groups is 1. The summed E-state index contributed by atoms with van der Waals surface area (Å²) in [6.45, 7) is 0. The minimum atomic E-state index is -0.137. The van der Waals surface area contributed by atoms with Gasteiger partial charge in [-0.2, -0.15) is 0 Å². The molecule has 4 rings (SSSR count). The van der Waals surface area contributed by atoms with Gasteiger partial charge in [-0.3, -0.25) is 4.99 Å². The lowest BCUT2D eigenvalue weighted by Crippen LogP contribution is -2.06. The average Bonchev–Trinajstić information content (AvgIpc) is 2.86. The van der Waals surface area contributed by atoms with Crippen molar-refractivity contribution >= 4 is 11.8 Å². The van der Waals surface area contributed by atoms with Crippen molar-refractivity contribution in [2.75, 3.05) is 7.11 Å². The molecule has 0 amide bonds. The van der Waals surface area contributed by atoms with Crippen LogP contribution < -0.4 is 4.74 Å². The van der Waals surface area contributed by atoms with E-state index in [0.29, 0.717) is 0 Å². The number of benzene rings is 4. The van der Waals surface area contributed by atoms with Crippen LogP contribution in [0.25, 0.3) is 6.08 Å². The lowest BCUT2D eigenvalue weighted by atomic mass is 10.00. The van der Waals surface area contributed by atoms with Crippen molar-refractivity contribution in [3.8, 4) is 5.75 Å². The Morgan fingerprint density at radius 2 is 1.19 bits per heavy atom. The highest BCUT2D eigenvalue weighted by molar-refractivity contribution is 6.13. The number of rotatable bonds is 7. The predicted octanol–water partition coefficient (Wildman–Crippen LogP) is 6.99. The van der Waals surface area contributed by atoms with Crippen molar-refractivity contribution in [2.45, 2.75) is 6.04 Å². The second kappa shape index (κ2) is 10.2. The first-order chi connectivity index (χ1) is 15.3. The van der Waals surface area contributed by atoms with Crippen molar-refractivity contribution in [1.82, 2.24) is 0 Å². The molecule has 0 fully saturated rings. The van der Waals surface area contributed by atoms with Gasteiger partial charge in [0.05, 0.1) is 18.9 Å². The van der Waals surface area contributed by atoms with Gasteiger partial charge in [-0.1, -0.05) is 115 Å². The Labute approximate surface area is 184 Å². The standard InChI is InChI=1S/C29H25NO/c1-31-27-20-18-24(19-21-27)28(22-17-23-11-5-2-6-12-23)30-29(25-13-7-3-8-14-25)26-15-9-4-10-16-26/h2-22,28H,1H3/b22-17+. The molecule has 0 radical (unpaired) electrons. The molecule has 0 N–H and O–H groups in total. The highest BCUT2D eigenvalue weighted by atomic mass is 16.5. The fraction of sp³-hybridized carbons (Fsp3) is 0.0690. The van der Waals surface area contributed by atoms with Gasteiger partial charge in [0.1, 0.15) is 5.75 Å². The highest BCUT2D eigenvalue weighted by Gasteiger charge is 2.12. The summed E-state index contributed by atoms with van der Waals surface area (Å²) in [6, 6.07) is 39.0. The van der Waals surface area contributed by atoms with Crippen molar-refractivity contribution < 1.29 is 4.74 Å². The average molecular weight is 404 g/mol. The van der Waals surface area contributed by atoms with Crippen LogP contribution in [-0.2, 0) is 0 Å². The van der Waals surface area contributed by atoms with Crippen LogP contribution in [0.3, 0.4) is 0 Å². The van der Waals surface area contributed by atoms with Crippen LogP contribution in [0, 0.1) is 0 Å². The molecule has 0 spiro atoms. The quantitative estimate of drug-likeness (QED) is 0.305. The Morgan fingerprint density at radius 1 is 0.677 bits per heavy atom. The molecular weight excluding hydrogens is 378 g/mol. The zero-order chi connectivity index (χ0) is 21.3. The van der Waals surface area contributed by atoms with E-state index in [2.05, 4.69) is 84.9 Å². The molecule has 0 saturated carbocycles. The van der Waals surface area contributed by atoms with E-state index < -0.39 is 0 Å². The number of methoxy groups -OCH3 is 1. The van der Waals surface area contributed by atoms with Crippen molar-refractivity contribution in [2.24, 2.45) is 4.99 Å². The van der Waals surface area contributed by atoms with E-state index in [1.807, 2.05) is 42.5 Å². The molecule has 2 heteroatoms. The van der Waals surface area contributed by atoms with E-state index in [-0.39, 0.29) is 6.04 Å². The van der Waals surface area contributed by atoms with Gasteiger partial charge in [0.15, 0.2) is 0 Å². The lowest BCUT2D eigenvalue weighted by molar-refractivity contribution is 0.414. The smallest absolute Gasteiger partial charge is 0.118 e. The summed E-state index contributed by atoms with van der Waals surface area (Å²) in [7, 11) is 1.68. The summed E-state index contributed by atoms with van der Waals surface area (Å²) < 4.78 is 5.34. The Hall–Kier alpha value is -3.91. The molecule has 1 unspecified atom stereocenters. The number of nitrogens with zero attached hydrogens (tertiary/aromatic N) is 1. The SMILES string of the molecule is COc1ccc(C(/C=C/c2ccccc2)N=C(c2ccccc2)c2ccccc2)cc1. The maximum Gasteiger partial charge on any atom is 0.118 e. The summed E-state index contributed by atoms with van der Waals surface area (Å²) in [4.78, 5) is 5.25. The number of hydrogen-bond acceptors (Lipinski definition) is 2. The second-order valence-corrected chi connectivity index (χ2v) is 7.20. The number of ether oxygens (including phenoxy) is 1. The monoisotopic (exact) mass is 403 g/mol.